The van der Waals surface area contributed by atoms with Crippen LogP contribution in [-0.2, 0) is 0 Å². The minimum atomic E-state index is -2.67. The molecule has 0 saturated carbocycles. The molecule has 1 unspecified atom stereocenters. The maximum atomic E-state index is 13.3. The van der Waals surface area contributed by atoms with Crippen LogP contribution in [0.1, 0.15) is 6.42 Å². The molecule has 4 rings (SSSR count). The summed E-state index contributed by atoms with van der Waals surface area (Å²) < 4.78 is 37.5. The summed E-state index contributed by atoms with van der Waals surface area (Å²) in [6, 6.07) is 11.8. The summed E-state index contributed by atoms with van der Waals surface area (Å²) in [7, 11) is 1.51. The minimum absolute atomic E-state index is 0.0249. The van der Waals surface area contributed by atoms with Gasteiger partial charge in [0, 0.05) is 42.9 Å². The quantitative estimate of drug-likeness (QED) is 0.638. The number of aliphatic hydroxyl groups excluding tert-OH is 1. The van der Waals surface area contributed by atoms with Gasteiger partial charge in [0.1, 0.15) is 18.5 Å². The number of β-amino-alcohol motifs (C(OH)–C–C–N with tert-alkyl or cyclic N) is 1. The minimum Gasteiger partial charge on any atom is -0.490 e. The molecule has 30 heavy (non-hydrogen) atoms. The Hall–Kier alpha value is -2.84. The maximum absolute atomic E-state index is 13.3. The first kappa shape index (κ1) is 20.4. The lowest BCUT2D eigenvalue weighted by Gasteiger charge is -2.20. The van der Waals surface area contributed by atoms with Gasteiger partial charge in [0.15, 0.2) is 0 Å². The van der Waals surface area contributed by atoms with E-state index < -0.39 is 12.0 Å². The topological polar surface area (TPSA) is 67.7 Å². The molecule has 158 valence electrons. The van der Waals surface area contributed by atoms with Crippen LogP contribution >= 0.6 is 0 Å². The molecule has 1 aliphatic heterocycles. The highest BCUT2D eigenvalue weighted by molar-refractivity contribution is 5.99. The van der Waals surface area contributed by atoms with Gasteiger partial charge >= 0.3 is 6.01 Å². The second-order valence-corrected chi connectivity index (χ2v) is 7.42. The summed E-state index contributed by atoms with van der Waals surface area (Å²) in [5.74, 6) is -2.05. The van der Waals surface area contributed by atoms with E-state index in [9.17, 15) is 13.9 Å². The molecular weight excluding hydrogens is 392 g/mol. The normalized spacial score (nSPS) is 17.2. The van der Waals surface area contributed by atoms with E-state index >= 15 is 0 Å². The Morgan fingerprint density at radius 2 is 1.87 bits per heavy atom. The predicted molar refractivity (Wildman–Crippen MR) is 109 cm³/mol. The van der Waals surface area contributed by atoms with E-state index in [0.717, 1.165) is 21.9 Å². The van der Waals surface area contributed by atoms with Gasteiger partial charge in [-0.1, -0.05) is 24.3 Å². The molecule has 0 radical (unpaired) electrons. The molecule has 0 aliphatic carbocycles. The zero-order chi connectivity index (χ0) is 21.1. The lowest BCUT2D eigenvalue weighted by atomic mass is 9.99. The van der Waals surface area contributed by atoms with Crippen molar-refractivity contribution in [1.82, 2.24) is 14.9 Å². The van der Waals surface area contributed by atoms with Crippen molar-refractivity contribution >= 4 is 10.8 Å². The van der Waals surface area contributed by atoms with Crippen LogP contribution in [0.25, 0.3) is 21.9 Å². The van der Waals surface area contributed by atoms with Gasteiger partial charge in [-0.2, -0.15) is 0 Å². The number of hydrogen-bond donors (Lipinski definition) is 1. The molecule has 1 aromatic heterocycles. The van der Waals surface area contributed by atoms with Crippen molar-refractivity contribution in [3.63, 3.8) is 0 Å². The summed E-state index contributed by atoms with van der Waals surface area (Å²) in [6.07, 6.45) is 2.38. The second kappa shape index (κ2) is 8.49. The van der Waals surface area contributed by atoms with Crippen LogP contribution in [0.3, 0.4) is 0 Å². The largest absolute Gasteiger partial charge is 0.490 e. The smallest absolute Gasteiger partial charge is 0.316 e. The Labute approximate surface area is 173 Å². The number of fused-ring (bicyclic) bond motifs is 1. The van der Waals surface area contributed by atoms with Gasteiger partial charge in [-0.25, -0.2) is 18.7 Å². The highest BCUT2D eigenvalue weighted by Crippen LogP contribution is 2.34. The number of aliphatic hydroxyl groups is 1. The van der Waals surface area contributed by atoms with Crippen LogP contribution in [0.2, 0.25) is 0 Å². The summed E-state index contributed by atoms with van der Waals surface area (Å²) in [5.41, 5.74) is 1.79. The van der Waals surface area contributed by atoms with E-state index in [4.69, 9.17) is 9.47 Å². The SMILES string of the molecule is COc1ncc(-c2ccc(OCC(O)CN3CCC(F)(F)C3)c3ccccc23)cn1. The number of hydrogen-bond acceptors (Lipinski definition) is 6. The maximum Gasteiger partial charge on any atom is 0.316 e. The van der Waals surface area contributed by atoms with Crippen molar-refractivity contribution < 1.29 is 23.4 Å². The van der Waals surface area contributed by atoms with Gasteiger partial charge in [0.25, 0.3) is 5.92 Å². The lowest BCUT2D eigenvalue weighted by molar-refractivity contribution is 0.00466. The monoisotopic (exact) mass is 415 g/mol. The molecule has 1 aliphatic rings. The third-order valence-electron chi connectivity index (χ3n) is 5.15. The van der Waals surface area contributed by atoms with Gasteiger partial charge in [0.2, 0.25) is 0 Å². The molecule has 6 nitrogen and oxygen atoms in total. The average Bonchev–Trinajstić information content (AvgIpc) is 3.10. The zero-order valence-corrected chi connectivity index (χ0v) is 16.6. The third-order valence-corrected chi connectivity index (χ3v) is 5.15. The summed E-state index contributed by atoms with van der Waals surface area (Å²) >= 11 is 0. The number of rotatable bonds is 7. The van der Waals surface area contributed by atoms with Gasteiger partial charge in [-0.3, -0.25) is 4.90 Å². The number of methoxy groups -OCH3 is 1. The number of halogens is 2. The fourth-order valence-corrected chi connectivity index (χ4v) is 3.71. The van der Waals surface area contributed by atoms with E-state index in [2.05, 4.69) is 9.97 Å². The number of likely N-dealkylation sites (tertiary alicyclic amines) is 1. The van der Waals surface area contributed by atoms with Gasteiger partial charge < -0.3 is 14.6 Å². The molecule has 2 heterocycles. The van der Waals surface area contributed by atoms with E-state index in [1.165, 1.54) is 7.11 Å². The predicted octanol–water partition coefficient (Wildman–Crippen LogP) is 3.39. The number of nitrogens with zero attached hydrogens (tertiary/aromatic N) is 3. The molecule has 2 aromatic carbocycles. The van der Waals surface area contributed by atoms with Crippen molar-refractivity contribution in [1.29, 1.82) is 0 Å². The highest BCUT2D eigenvalue weighted by Gasteiger charge is 2.38. The molecule has 3 aromatic rings. The average molecular weight is 415 g/mol. The van der Waals surface area contributed by atoms with Crippen LogP contribution < -0.4 is 9.47 Å². The molecule has 8 heteroatoms. The number of alkyl halides is 2. The molecule has 1 fully saturated rings. The fraction of sp³-hybridized carbons (Fsp3) is 0.364. The van der Waals surface area contributed by atoms with Crippen LogP contribution in [-0.4, -0.2) is 65.4 Å². The van der Waals surface area contributed by atoms with Gasteiger partial charge in [0.05, 0.1) is 13.7 Å². The molecule has 0 amide bonds. The molecule has 1 saturated heterocycles. The van der Waals surface area contributed by atoms with Crippen LogP contribution in [0, 0.1) is 0 Å². The number of benzene rings is 2. The Kier molecular flexibility index (Phi) is 5.78. The number of ether oxygens (including phenoxy) is 2. The molecule has 1 atom stereocenters. The van der Waals surface area contributed by atoms with Crippen molar-refractivity contribution in [2.75, 3.05) is 33.4 Å². The first-order chi connectivity index (χ1) is 14.4. The van der Waals surface area contributed by atoms with E-state index in [1.54, 1.807) is 17.3 Å². The molecular formula is C22H23F2N3O3. The van der Waals surface area contributed by atoms with E-state index in [-0.39, 0.29) is 32.7 Å². The van der Waals surface area contributed by atoms with E-state index in [1.807, 2.05) is 36.4 Å². The standard InChI is InChI=1S/C22H23F2N3O3/c1-29-21-25-10-15(11-26-21)17-6-7-20(19-5-3-2-4-18(17)19)30-13-16(28)12-27-9-8-22(23,24)14-27/h2-7,10-11,16,28H,8-9,12-14H2,1H3. The Balaban J connectivity index is 1.50. The Bertz CT molecular complexity index is 1010. The third kappa shape index (κ3) is 4.49. The van der Waals surface area contributed by atoms with Crippen LogP contribution in [0.5, 0.6) is 11.8 Å². The second-order valence-electron chi connectivity index (χ2n) is 7.42. The summed E-state index contributed by atoms with van der Waals surface area (Å²) in [5, 5.41) is 12.1. The lowest BCUT2D eigenvalue weighted by Crippen LogP contribution is -2.35. The Morgan fingerprint density at radius 3 is 2.53 bits per heavy atom. The molecule has 0 spiro atoms. The van der Waals surface area contributed by atoms with Gasteiger partial charge in [-0.05, 0) is 23.1 Å². The van der Waals surface area contributed by atoms with Crippen molar-refractivity contribution in [2.45, 2.75) is 18.4 Å². The first-order valence-corrected chi connectivity index (χ1v) is 9.74. The van der Waals surface area contributed by atoms with Crippen LogP contribution in [0.4, 0.5) is 8.78 Å². The highest BCUT2D eigenvalue weighted by atomic mass is 19.3. The van der Waals surface area contributed by atoms with Crippen molar-refractivity contribution in [3.8, 4) is 22.9 Å². The fourth-order valence-electron chi connectivity index (χ4n) is 3.71. The first-order valence-electron chi connectivity index (χ1n) is 9.74. The molecule has 1 N–H and O–H groups in total. The summed E-state index contributed by atoms with van der Waals surface area (Å²) in [4.78, 5) is 9.90. The van der Waals surface area contributed by atoms with Crippen molar-refractivity contribution in [3.05, 3.63) is 48.8 Å². The van der Waals surface area contributed by atoms with Crippen LogP contribution in [0.15, 0.2) is 48.8 Å². The van der Waals surface area contributed by atoms with E-state index in [0.29, 0.717) is 11.8 Å². The van der Waals surface area contributed by atoms with Gasteiger partial charge in [-0.15, -0.1) is 0 Å². The zero-order valence-electron chi connectivity index (χ0n) is 16.6. The Morgan fingerprint density at radius 1 is 1.13 bits per heavy atom. The van der Waals surface area contributed by atoms with Crippen molar-refractivity contribution in [2.24, 2.45) is 0 Å². The summed E-state index contributed by atoms with van der Waals surface area (Å²) in [6.45, 7) is 0.156. The number of aromatic nitrogens is 2. The molecule has 0 bridgehead atoms.